The lowest BCUT2D eigenvalue weighted by Crippen LogP contribution is -2.49. The Morgan fingerprint density at radius 2 is 1.62 bits per heavy atom. The first kappa shape index (κ1) is 20.4. The zero-order valence-corrected chi connectivity index (χ0v) is 16.4. The van der Waals surface area contributed by atoms with E-state index in [2.05, 4.69) is 5.32 Å². The molecule has 1 amide bonds. The summed E-state index contributed by atoms with van der Waals surface area (Å²) in [4.78, 5) is 25.1. The van der Waals surface area contributed by atoms with Gasteiger partial charge in [-0.25, -0.2) is 4.79 Å². The first-order valence-corrected chi connectivity index (χ1v) is 9.32. The van der Waals surface area contributed by atoms with E-state index in [4.69, 9.17) is 15.2 Å². The number of hydrogen-bond acceptors (Lipinski definition) is 5. The van der Waals surface area contributed by atoms with Crippen LogP contribution in [0.1, 0.15) is 22.8 Å². The molecule has 150 valence electrons. The molecule has 6 nitrogen and oxygen atoms in total. The first-order chi connectivity index (χ1) is 14.0. The number of amides is 1. The van der Waals surface area contributed by atoms with E-state index in [9.17, 15) is 9.59 Å². The summed E-state index contributed by atoms with van der Waals surface area (Å²) in [6, 6.07) is 19.7. The van der Waals surface area contributed by atoms with Crippen molar-refractivity contribution in [2.45, 2.75) is 25.7 Å². The monoisotopic (exact) mass is 392 g/mol. The molecule has 0 aromatic heterocycles. The quantitative estimate of drug-likeness (QED) is 0.476. The van der Waals surface area contributed by atoms with Crippen molar-refractivity contribution in [2.75, 3.05) is 12.8 Å². The highest BCUT2D eigenvalue weighted by Gasteiger charge is 2.29. The lowest BCUT2D eigenvalue weighted by atomic mass is 10.0. The van der Waals surface area contributed by atoms with Gasteiger partial charge in [0.25, 0.3) is 5.91 Å². The number of anilines is 1. The predicted molar refractivity (Wildman–Crippen MR) is 112 cm³/mol. The van der Waals surface area contributed by atoms with Crippen LogP contribution < -0.4 is 11.1 Å². The van der Waals surface area contributed by atoms with Crippen molar-refractivity contribution >= 4 is 28.3 Å². The summed E-state index contributed by atoms with van der Waals surface area (Å²) in [5.74, 6) is -1.04. The summed E-state index contributed by atoms with van der Waals surface area (Å²) in [5, 5.41) is 4.53. The van der Waals surface area contributed by atoms with E-state index in [1.165, 1.54) is 7.11 Å². The van der Waals surface area contributed by atoms with Crippen LogP contribution in [0.5, 0.6) is 0 Å². The summed E-state index contributed by atoms with van der Waals surface area (Å²) in [5.41, 5.74) is 7.67. The average molecular weight is 392 g/mol. The lowest BCUT2D eigenvalue weighted by Gasteiger charge is -2.23. The van der Waals surface area contributed by atoms with Crippen LogP contribution in [0.3, 0.4) is 0 Å². The van der Waals surface area contributed by atoms with Crippen molar-refractivity contribution in [2.24, 2.45) is 0 Å². The van der Waals surface area contributed by atoms with Crippen molar-refractivity contribution in [1.82, 2.24) is 5.32 Å². The SMILES string of the molecule is COC(=O)C(NC(=O)c1cc2ccccc2cc1N)C(C)OCc1ccccc1. The minimum Gasteiger partial charge on any atom is -0.467 e. The summed E-state index contributed by atoms with van der Waals surface area (Å²) < 4.78 is 10.7. The molecular formula is C23H24N2O4. The molecule has 3 N–H and O–H groups in total. The van der Waals surface area contributed by atoms with Gasteiger partial charge in [-0.3, -0.25) is 4.79 Å². The molecule has 0 saturated heterocycles. The second kappa shape index (κ2) is 9.21. The van der Waals surface area contributed by atoms with E-state index >= 15 is 0 Å². The molecule has 3 aromatic carbocycles. The number of benzene rings is 3. The fraction of sp³-hybridized carbons (Fsp3) is 0.217. The maximum Gasteiger partial charge on any atom is 0.331 e. The molecule has 0 radical (unpaired) electrons. The van der Waals surface area contributed by atoms with E-state index < -0.39 is 24.0 Å². The molecular weight excluding hydrogens is 368 g/mol. The smallest absolute Gasteiger partial charge is 0.331 e. The Morgan fingerprint density at radius 1 is 1.00 bits per heavy atom. The minimum atomic E-state index is -0.970. The topological polar surface area (TPSA) is 90.7 Å². The molecule has 0 aliphatic carbocycles. The molecule has 0 spiro atoms. The van der Waals surface area contributed by atoms with Gasteiger partial charge in [0, 0.05) is 5.69 Å². The van der Waals surface area contributed by atoms with Gasteiger partial charge in [-0.2, -0.15) is 0 Å². The van der Waals surface area contributed by atoms with Crippen LogP contribution in [-0.4, -0.2) is 31.1 Å². The highest BCUT2D eigenvalue weighted by atomic mass is 16.5. The molecule has 0 aliphatic rings. The van der Waals surface area contributed by atoms with Crippen LogP contribution in [-0.2, 0) is 20.9 Å². The number of rotatable bonds is 7. The highest BCUT2D eigenvalue weighted by Crippen LogP contribution is 2.22. The van der Waals surface area contributed by atoms with Gasteiger partial charge in [0.2, 0.25) is 0 Å². The van der Waals surface area contributed by atoms with Gasteiger partial charge >= 0.3 is 5.97 Å². The van der Waals surface area contributed by atoms with Gasteiger partial charge in [-0.15, -0.1) is 0 Å². The molecule has 3 rings (SSSR count). The molecule has 6 heteroatoms. The normalized spacial score (nSPS) is 12.9. The van der Waals surface area contributed by atoms with Crippen molar-refractivity contribution < 1.29 is 19.1 Å². The Morgan fingerprint density at radius 3 is 2.28 bits per heavy atom. The first-order valence-electron chi connectivity index (χ1n) is 9.32. The van der Waals surface area contributed by atoms with E-state index in [0.717, 1.165) is 16.3 Å². The number of esters is 1. The Balaban J connectivity index is 1.76. The van der Waals surface area contributed by atoms with Crippen molar-refractivity contribution in [3.63, 3.8) is 0 Å². The van der Waals surface area contributed by atoms with Crippen LogP contribution in [0.15, 0.2) is 66.7 Å². The zero-order chi connectivity index (χ0) is 20.8. The van der Waals surface area contributed by atoms with E-state index in [-0.39, 0.29) is 0 Å². The van der Waals surface area contributed by atoms with Crippen molar-refractivity contribution in [3.05, 3.63) is 77.9 Å². The number of nitrogens with two attached hydrogens (primary N) is 1. The number of carbonyl (C=O) groups is 2. The third-order valence-corrected chi connectivity index (χ3v) is 4.73. The molecule has 0 bridgehead atoms. The Kier molecular flexibility index (Phi) is 6.46. The molecule has 2 unspecified atom stereocenters. The Hall–Kier alpha value is -3.38. The van der Waals surface area contributed by atoms with Crippen molar-refractivity contribution in [3.8, 4) is 0 Å². The summed E-state index contributed by atoms with van der Waals surface area (Å²) in [7, 11) is 1.27. The standard InChI is InChI=1S/C23H24N2O4/c1-15(29-14-16-8-4-3-5-9-16)21(23(27)28-2)25-22(26)19-12-17-10-6-7-11-18(17)13-20(19)24/h3-13,15,21H,14,24H2,1-2H3,(H,25,26). The highest BCUT2D eigenvalue weighted by molar-refractivity contribution is 6.05. The maximum absolute atomic E-state index is 12.9. The van der Waals surface area contributed by atoms with Gasteiger partial charge in [-0.05, 0) is 35.4 Å². The van der Waals surface area contributed by atoms with Gasteiger partial charge in [0.15, 0.2) is 6.04 Å². The van der Waals surface area contributed by atoms with Crippen LogP contribution in [0.2, 0.25) is 0 Å². The van der Waals surface area contributed by atoms with Crippen LogP contribution >= 0.6 is 0 Å². The number of nitrogens with one attached hydrogen (secondary N) is 1. The number of nitrogen functional groups attached to an aromatic ring is 1. The molecule has 29 heavy (non-hydrogen) atoms. The van der Waals surface area contributed by atoms with Crippen LogP contribution in [0.4, 0.5) is 5.69 Å². The molecule has 2 atom stereocenters. The molecule has 0 saturated carbocycles. The van der Waals surface area contributed by atoms with E-state index in [1.807, 2.05) is 54.6 Å². The number of carbonyl (C=O) groups excluding carboxylic acids is 2. The summed E-state index contributed by atoms with van der Waals surface area (Å²) >= 11 is 0. The third-order valence-electron chi connectivity index (χ3n) is 4.73. The lowest BCUT2D eigenvalue weighted by molar-refractivity contribution is -0.147. The zero-order valence-electron chi connectivity index (χ0n) is 16.4. The third kappa shape index (κ3) is 4.92. The molecule has 0 aliphatic heterocycles. The van der Waals surface area contributed by atoms with Gasteiger partial charge in [0.1, 0.15) is 0 Å². The van der Waals surface area contributed by atoms with Crippen LogP contribution in [0.25, 0.3) is 10.8 Å². The minimum absolute atomic E-state index is 0.299. The molecule has 3 aromatic rings. The number of methoxy groups -OCH3 is 1. The van der Waals surface area contributed by atoms with E-state index in [1.54, 1.807) is 19.1 Å². The second-order valence-corrected chi connectivity index (χ2v) is 6.76. The summed E-state index contributed by atoms with van der Waals surface area (Å²) in [6.45, 7) is 2.03. The molecule has 0 heterocycles. The van der Waals surface area contributed by atoms with Gasteiger partial charge in [-0.1, -0.05) is 54.6 Å². The maximum atomic E-state index is 12.9. The fourth-order valence-corrected chi connectivity index (χ4v) is 3.07. The van der Waals surface area contributed by atoms with Crippen molar-refractivity contribution in [1.29, 1.82) is 0 Å². The van der Waals surface area contributed by atoms with Gasteiger partial charge in [0.05, 0.1) is 25.4 Å². The second-order valence-electron chi connectivity index (χ2n) is 6.76. The number of ether oxygens (including phenoxy) is 2. The van der Waals surface area contributed by atoms with Gasteiger partial charge < -0.3 is 20.5 Å². The largest absolute Gasteiger partial charge is 0.467 e. The number of fused-ring (bicyclic) bond motifs is 1. The molecule has 0 fully saturated rings. The van der Waals surface area contributed by atoms with Crippen LogP contribution in [0, 0.1) is 0 Å². The Labute approximate surface area is 169 Å². The Bertz CT molecular complexity index is 1000. The van der Waals surface area contributed by atoms with E-state index in [0.29, 0.717) is 17.9 Å². The summed E-state index contributed by atoms with van der Waals surface area (Å²) in [6.07, 6.45) is -0.603. The fourth-order valence-electron chi connectivity index (χ4n) is 3.07. The average Bonchev–Trinajstić information content (AvgIpc) is 2.75. The predicted octanol–water partition coefficient (Wildman–Crippen LogP) is 3.30. The number of hydrogen-bond donors (Lipinski definition) is 2.